The predicted octanol–water partition coefficient (Wildman–Crippen LogP) is 1.21. The molecule has 6 atom stereocenters. The zero-order valence-electron chi connectivity index (χ0n) is 13.7. The van der Waals surface area contributed by atoms with E-state index in [9.17, 15) is 23.4 Å². The molecule has 24 heavy (non-hydrogen) atoms. The maximum absolute atomic E-state index is 13.3. The summed E-state index contributed by atoms with van der Waals surface area (Å²) in [5.41, 5.74) is -0.787. The van der Waals surface area contributed by atoms with Crippen LogP contribution in [-0.2, 0) is 9.47 Å². The first-order valence-electron chi connectivity index (χ1n) is 7.78. The number of ether oxygens (including phenoxy) is 2. The second kappa shape index (κ2) is 7.77. The fourth-order valence-electron chi connectivity index (χ4n) is 2.57. The van der Waals surface area contributed by atoms with Gasteiger partial charge in [0, 0.05) is 20.7 Å². The fourth-order valence-corrected chi connectivity index (χ4v) is 3.72. The third-order valence-corrected chi connectivity index (χ3v) is 5.19. The molecule has 0 aromatic rings. The molecule has 0 amide bonds. The standard InChI is InChI=1S/C14H23F3N2O4S/c1-4-5-6-22-11(14(15,16)17)10-9(21)8(20)7-12(23-10)24-13(18-7)19(2)3/h7-12,20-21H,4-6H2,1-3H3/t7-,8-,9+,10+,11-,12-/m1/s1. The lowest BCUT2D eigenvalue weighted by molar-refractivity contribution is -0.284. The lowest BCUT2D eigenvalue weighted by Crippen LogP contribution is -2.61. The number of fused-ring (bicyclic) bond motifs is 1. The molecule has 1 saturated heterocycles. The smallest absolute Gasteiger partial charge is 0.388 e. The Morgan fingerprint density at radius 3 is 2.54 bits per heavy atom. The van der Waals surface area contributed by atoms with Gasteiger partial charge in [-0.25, -0.2) is 0 Å². The van der Waals surface area contributed by atoms with Crippen molar-refractivity contribution in [1.29, 1.82) is 0 Å². The number of nitrogens with zero attached hydrogens (tertiary/aromatic N) is 2. The highest BCUT2D eigenvalue weighted by Gasteiger charge is 2.57. The van der Waals surface area contributed by atoms with Gasteiger partial charge < -0.3 is 24.6 Å². The van der Waals surface area contributed by atoms with E-state index in [1.165, 1.54) is 0 Å². The van der Waals surface area contributed by atoms with Gasteiger partial charge >= 0.3 is 6.18 Å². The molecule has 0 bridgehead atoms. The van der Waals surface area contributed by atoms with E-state index in [0.717, 1.165) is 11.8 Å². The molecule has 10 heteroatoms. The molecule has 140 valence electrons. The minimum Gasteiger partial charge on any atom is -0.388 e. The van der Waals surface area contributed by atoms with E-state index in [1.807, 2.05) is 6.92 Å². The maximum Gasteiger partial charge on any atom is 0.417 e. The zero-order valence-corrected chi connectivity index (χ0v) is 14.5. The Kier molecular flexibility index (Phi) is 6.40. The molecule has 0 aromatic carbocycles. The van der Waals surface area contributed by atoms with Crippen molar-refractivity contribution < 1.29 is 32.9 Å². The van der Waals surface area contributed by atoms with Crippen LogP contribution in [0.5, 0.6) is 0 Å². The van der Waals surface area contributed by atoms with Crippen LogP contribution >= 0.6 is 11.8 Å². The number of unbranched alkanes of at least 4 members (excludes halogenated alkanes) is 1. The summed E-state index contributed by atoms with van der Waals surface area (Å²) >= 11 is 1.13. The van der Waals surface area contributed by atoms with E-state index >= 15 is 0 Å². The lowest BCUT2D eigenvalue weighted by atomic mass is 9.94. The first-order valence-corrected chi connectivity index (χ1v) is 8.66. The Hall–Kier alpha value is -0.550. The second-order valence-electron chi connectivity index (χ2n) is 6.05. The van der Waals surface area contributed by atoms with E-state index in [0.29, 0.717) is 18.0 Å². The maximum atomic E-state index is 13.3. The molecule has 0 radical (unpaired) electrons. The molecule has 2 N–H and O–H groups in total. The summed E-state index contributed by atoms with van der Waals surface area (Å²) in [5, 5.41) is 20.9. The first kappa shape index (κ1) is 19.8. The molecule has 0 aliphatic carbocycles. The summed E-state index contributed by atoms with van der Waals surface area (Å²) in [6.45, 7) is 1.74. The van der Waals surface area contributed by atoms with E-state index in [4.69, 9.17) is 9.47 Å². The topological polar surface area (TPSA) is 74.5 Å². The van der Waals surface area contributed by atoms with Crippen molar-refractivity contribution in [3.8, 4) is 0 Å². The fraction of sp³-hybridized carbons (Fsp3) is 0.929. The zero-order chi connectivity index (χ0) is 18.1. The lowest BCUT2D eigenvalue weighted by Gasteiger charge is -2.41. The van der Waals surface area contributed by atoms with Crippen molar-refractivity contribution in [1.82, 2.24) is 4.90 Å². The van der Waals surface area contributed by atoms with Crippen LogP contribution in [0.2, 0.25) is 0 Å². The van der Waals surface area contributed by atoms with Gasteiger partial charge in [0.25, 0.3) is 0 Å². The van der Waals surface area contributed by atoms with Crippen molar-refractivity contribution in [3.05, 3.63) is 0 Å². The molecule has 1 fully saturated rings. The molecule has 0 spiro atoms. The highest BCUT2D eigenvalue weighted by atomic mass is 32.2. The minimum absolute atomic E-state index is 0.0932. The minimum atomic E-state index is -4.71. The summed E-state index contributed by atoms with van der Waals surface area (Å²) < 4.78 is 50.4. The number of amidine groups is 1. The van der Waals surface area contributed by atoms with Gasteiger partial charge in [0.2, 0.25) is 0 Å². The Balaban J connectivity index is 2.15. The Morgan fingerprint density at radius 1 is 1.33 bits per heavy atom. The van der Waals surface area contributed by atoms with E-state index in [2.05, 4.69) is 4.99 Å². The SMILES string of the molecule is CCCCO[C@H]([C@H]1O[C@@H]2SC(N(C)C)=N[C@@H]2[C@@H](O)[C@@H]1O)C(F)(F)F. The molecule has 0 aromatic heterocycles. The number of aliphatic hydroxyl groups excluding tert-OH is 2. The third-order valence-electron chi connectivity index (χ3n) is 3.89. The van der Waals surface area contributed by atoms with Crippen LogP contribution in [-0.4, -0.2) is 83.1 Å². The van der Waals surface area contributed by atoms with Crippen LogP contribution < -0.4 is 0 Å². The average molecular weight is 372 g/mol. The summed E-state index contributed by atoms with van der Waals surface area (Å²) in [4.78, 5) is 5.90. The quantitative estimate of drug-likeness (QED) is 0.707. The third kappa shape index (κ3) is 4.16. The summed E-state index contributed by atoms with van der Waals surface area (Å²) in [7, 11) is 3.46. The van der Waals surface area contributed by atoms with Crippen molar-refractivity contribution in [2.75, 3.05) is 20.7 Å². The average Bonchev–Trinajstić information content (AvgIpc) is 2.91. The summed E-state index contributed by atoms with van der Waals surface area (Å²) in [6, 6.07) is -0.803. The van der Waals surface area contributed by atoms with Gasteiger partial charge in [0.05, 0.1) is 0 Å². The molecular formula is C14H23F3N2O4S. The Bertz CT molecular complexity index is 464. The number of halogens is 3. The van der Waals surface area contributed by atoms with Gasteiger partial charge in [0.15, 0.2) is 11.3 Å². The molecule has 0 saturated carbocycles. The van der Waals surface area contributed by atoms with Crippen LogP contribution in [0.3, 0.4) is 0 Å². The number of aliphatic imine (C=N–C) groups is 1. The van der Waals surface area contributed by atoms with Gasteiger partial charge in [0.1, 0.15) is 29.8 Å². The normalized spacial score (nSPS) is 34.7. The predicted molar refractivity (Wildman–Crippen MR) is 83.9 cm³/mol. The van der Waals surface area contributed by atoms with Crippen LogP contribution in [0.15, 0.2) is 4.99 Å². The molecular weight excluding hydrogens is 349 g/mol. The van der Waals surface area contributed by atoms with Crippen LogP contribution in [0.1, 0.15) is 19.8 Å². The van der Waals surface area contributed by atoms with Gasteiger partial charge in [-0.3, -0.25) is 4.99 Å². The molecule has 6 nitrogen and oxygen atoms in total. The first-order chi connectivity index (χ1) is 11.2. The molecule has 2 aliphatic heterocycles. The van der Waals surface area contributed by atoms with E-state index in [1.54, 1.807) is 19.0 Å². The number of hydrogen-bond acceptors (Lipinski definition) is 7. The number of thioether (sulfide) groups is 1. The largest absolute Gasteiger partial charge is 0.417 e. The van der Waals surface area contributed by atoms with Gasteiger partial charge in [-0.1, -0.05) is 25.1 Å². The highest BCUT2D eigenvalue weighted by Crippen LogP contribution is 2.40. The van der Waals surface area contributed by atoms with Gasteiger partial charge in [-0.05, 0) is 6.42 Å². The monoisotopic (exact) mass is 372 g/mol. The number of alkyl halides is 3. The van der Waals surface area contributed by atoms with Crippen LogP contribution in [0.4, 0.5) is 13.2 Å². The number of hydrogen-bond donors (Lipinski definition) is 2. The second-order valence-corrected chi connectivity index (χ2v) is 7.12. The van der Waals surface area contributed by atoms with E-state index < -0.39 is 42.1 Å². The summed E-state index contributed by atoms with van der Waals surface area (Å²) in [5.74, 6) is 0. The van der Waals surface area contributed by atoms with Crippen molar-refractivity contribution >= 4 is 16.9 Å². The van der Waals surface area contributed by atoms with E-state index in [-0.39, 0.29) is 6.61 Å². The summed E-state index contributed by atoms with van der Waals surface area (Å²) in [6.07, 6.45) is -10.7. The van der Waals surface area contributed by atoms with Crippen LogP contribution in [0, 0.1) is 0 Å². The number of rotatable bonds is 5. The van der Waals surface area contributed by atoms with Crippen molar-refractivity contribution in [2.45, 2.75) is 61.8 Å². The highest BCUT2D eigenvalue weighted by molar-refractivity contribution is 8.14. The van der Waals surface area contributed by atoms with Gasteiger partial charge in [-0.2, -0.15) is 13.2 Å². The molecule has 2 aliphatic rings. The molecule has 2 rings (SSSR count). The van der Waals surface area contributed by atoms with Crippen LogP contribution in [0.25, 0.3) is 0 Å². The van der Waals surface area contributed by atoms with Crippen molar-refractivity contribution in [3.63, 3.8) is 0 Å². The molecule has 0 unspecified atom stereocenters. The number of aliphatic hydroxyl groups is 2. The van der Waals surface area contributed by atoms with Crippen molar-refractivity contribution in [2.24, 2.45) is 4.99 Å². The molecule has 2 heterocycles. The Morgan fingerprint density at radius 2 is 2.00 bits per heavy atom. The Labute approximate surface area is 143 Å². The van der Waals surface area contributed by atoms with Gasteiger partial charge in [-0.15, -0.1) is 0 Å².